The van der Waals surface area contributed by atoms with Crippen molar-refractivity contribution >= 4 is 5.91 Å². The van der Waals surface area contributed by atoms with Crippen LogP contribution in [0, 0.1) is 11.3 Å². The molecular weight excluding hydrogens is 284 g/mol. The molecule has 2 aromatic rings. The van der Waals surface area contributed by atoms with E-state index in [1.165, 1.54) is 6.26 Å². The molecule has 0 bridgehead atoms. The fourth-order valence-electron chi connectivity index (χ4n) is 2.52. The van der Waals surface area contributed by atoms with Gasteiger partial charge in [0.2, 0.25) is 17.6 Å². The van der Waals surface area contributed by atoms with Crippen molar-refractivity contribution in [3.8, 4) is 17.7 Å². The molecule has 1 saturated carbocycles. The number of hydrogen-bond donors (Lipinski definition) is 0. The molecule has 22 heavy (non-hydrogen) atoms. The summed E-state index contributed by atoms with van der Waals surface area (Å²) >= 11 is 0. The number of aryl methyl sites for hydroxylation is 1. The second-order valence-corrected chi connectivity index (χ2v) is 5.44. The predicted octanol–water partition coefficient (Wildman–Crippen LogP) is 2.17. The highest BCUT2D eigenvalue weighted by molar-refractivity contribution is 5.77. The van der Waals surface area contributed by atoms with Crippen molar-refractivity contribution < 1.29 is 13.7 Å². The number of carbonyl (C=O) groups excluding carboxylic acids is 1. The normalized spacial score (nSPS) is 15.8. The Morgan fingerprint density at radius 3 is 2.95 bits per heavy atom. The molecule has 0 saturated heterocycles. The van der Waals surface area contributed by atoms with Gasteiger partial charge < -0.3 is 13.8 Å². The molecule has 0 spiro atoms. The Balaban J connectivity index is 1.59. The van der Waals surface area contributed by atoms with Crippen molar-refractivity contribution in [2.45, 2.75) is 37.6 Å². The second-order valence-electron chi connectivity index (χ2n) is 5.44. The van der Waals surface area contributed by atoms with Crippen LogP contribution in [0.1, 0.15) is 31.6 Å². The quantitative estimate of drug-likeness (QED) is 0.839. The highest BCUT2D eigenvalue weighted by atomic mass is 16.5. The van der Waals surface area contributed by atoms with E-state index in [-0.39, 0.29) is 12.3 Å². The summed E-state index contributed by atoms with van der Waals surface area (Å²) in [6.07, 6.45) is 4.59. The molecular formula is C15H16N4O3. The molecule has 0 N–H and O–H groups in total. The number of hydrogen-bond acceptors (Lipinski definition) is 6. The zero-order chi connectivity index (χ0) is 15.6. The van der Waals surface area contributed by atoms with Gasteiger partial charge >= 0.3 is 0 Å². The van der Waals surface area contributed by atoms with Crippen molar-refractivity contribution in [3.05, 3.63) is 24.3 Å². The van der Waals surface area contributed by atoms with Crippen molar-refractivity contribution in [2.24, 2.45) is 0 Å². The van der Waals surface area contributed by atoms with Gasteiger partial charge in [-0.3, -0.25) is 4.79 Å². The minimum Gasteiger partial charge on any atom is -0.461 e. The van der Waals surface area contributed by atoms with E-state index in [1.54, 1.807) is 24.1 Å². The summed E-state index contributed by atoms with van der Waals surface area (Å²) in [5.41, 5.74) is -0.620. The first-order chi connectivity index (χ1) is 10.6. The van der Waals surface area contributed by atoms with Gasteiger partial charge in [-0.25, -0.2) is 0 Å². The van der Waals surface area contributed by atoms with Gasteiger partial charge in [-0.15, -0.1) is 0 Å². The molecule has 0 atom stereocenters. The Morgan fingerprint density at radius 1 is 1.55 bits per heavy atom. The molecule has 1 aliphatic carbocycles. The van der Waals surface area contributed by atoms with Crippen LogP contribution in [0.3, 0.4) is 0 Å². The van der Waals surface area contributed by atoms with Crippen LogP contribution in [-0.2, 0) is 11.2 Å². The van der Waals surface area contributed by atoms with Gasteiger partial charge in [0.1, 0.15) is 5.54 Å². The summed E-state index contributed by atoms with van der Waals surface area (Å²) in [5, 5.41) is 13.1. The first kappa shape index (κ1) is 14.3. The zero-order valence-electron chi connectivity index (χ0n) is 12.3. The monoisotopic (exact) mass is 300 g/mol. The van der Waals surface area contributed by atoms with Crippen LogP contribution < -0.4 is 0 Å². The average molecular weight is 300 g/mol. The van der Waals surface area contributed by atoms with Gasteiger partial charge in [-0.1, -0.05) is 5.16 Å². The van der Waals surface area contributed by atoms with Crippen LogP contribution in [0.5, 0.6) is 0 Å². The van der Waals surface area contributed by atoms with Gasteiger partial charge in [-0.2, -0.15) is 10.2 Å². The van der Waals surface area contributed by atoms with E-state index in [0.29, 0.717) is 23.9 Å². The molecule has 0 unspecified atom stereocenters. The van der Waals surface area contributed by atoms with E-state index in [1.807, 2.05) is 0 Å². The molecule has 1 aliphatic rings. The van der Waals surface area contributed by atoms with Crippen molar-refractivity contribution in [2.75, 3.05) is 7.05 Å². The highest BCUT2D eigenvalue weighted by Crippen LogP contribution is 2.36. The summed E-state index contributed by atoms with van der Waals surface area (Å²) < 4.78 is 10.3. The van der Waals surface area contributed by atoms with Crippen LogP contribution in [0.25, 0.3) is 11.6 Å². The third-order valence-electron chi connectivity index (χ3n) is 4.17. The SMILES string of the molecule is CN(C(=O)CCc1nc(-c2ccco2)no1)C1(C#N)CCC1. The molecule has 0 aliphatic heterocycles. The summed E-state index contributed by atoms with van der Waals surface area (Å²) in [6, 6.07) is 5.73. The summed E-state index contributed by atoms with van der Waals surface area (Å²) in [5.74, 6) is 1.19. The number of nitriles is 1. The lowest BCUT2D eigenvalue weighted by Crippen LogP contribution is -2.53. The highest BCUT2D eigenvalue weighted by Gasteiger charge is 2.43. The lowest BCUT2D eigenvalue weighted by molar-refractivity contribution is -0.136. The van der Waals surface area contributed by atoms with Gasteiger partial charge in [0.05, 0.1) is 12.3 Å². The minimum atomic E-state index is -0.620. The third kappa shape index (κ3) is 2.48. The topological polar surface area (TPSA) is 96.2 Å². The third-order valence-corrected chi connectivity index (χ3v) is 4.17. The average Bonchev–Trinajstić information content (AvgIpc) is 3.14. The molecule has 2 heterocycles. The summed E-state index contributed by atoms with van der Waals surface area (Å²) in [6.45, 7) is 0. The first-order valence-corrected chi connectivity index (χ1v) is 7.19. The smallest absolute Gasteiger partial charge is 0.238 e. The van der Waals surface area contributed by atoms with Gasteiger partial charge in [0.25, 0.3) is 0 Å². The van der Waals surface area contributed by atoms with E-state index in [2.05, 4.69) is 16.2 Å². The van der Waals surface area contributed by atoms with E-state index >= 15 is 0 Å². The minimum absolute atomic E-state index is 0.0843. The maximum absolute atomic E-state index is 12.2. The zero-order valence-corrected chi connectivity index (χ0v) is 12.3. The molecule has 1 amide bonds. The molecule has 2 aromatic heterocycles. The number of carbonyl (C=O) groups is 1. The standard InChI is InChI=1S/C15H16N4O3/c1-19(15(10-16)7-3-8-15)13(20)6-5-12-17-14(18-22-12)11-4-2-9-21-11/h2,4,9H,3,5-8H2,1H3. The number of aromatic nitrogens is 2. The number of amides is 1. The number of rotatable bonds is 5. The number of nitrogens with zero attached hydrogens (tertiary/aromatic N) is 4. The summed E-state index contributed by atoms with van der Waals surface area (Å²) in [7, 11) is 1.69. The Bertz CT molecular complexity index is 695. The molecule has 3 rings (SSSR count). The molecule has 0 radical (unpaired) electrons. The molecule has 1 fully saturated rings. The Morgan fingerprint density at radius 2 is 2.36 bits per heavy atom. The van der Waals surface area contributed by atoms with Crippen molar-refractivity contribution in [1.29, 1.82) is 5.26 Å². The molecule has 7 heteroatoms. The van der Waals surface area contributed by atoms with Crippen LogP contribution in [0.15, 0.2) is 27.3 Å². The Labute approximate surface area is 127 Å². The maximum Gasteiger partial charge on any atom is 0.238 e. The molecule has 114 valence electrons. The predicted molar refractivity (Wildman–Crippen MR) is 75.3 cm³/mol. The van der Waals surface area contributed by atoms with Gasteiger partial charge in [0.15, 0.2) is 5.76 Å². The van der Waals surface area contributed by atoms with E-state index in [9.17, 15) is 10.1 Å². The first-order valence-electron chi connectivity index (χ1n) is 7.19. The van der Waals surface area contributed by atoms with E-state index < -0.39 is 5.54 Å². The van der Waals surface area contributed by atoms with E-state index in [4.69, 9.17) is 8.94 Å². The fraction of sp³-hybridized carbons (Fsp3) is 0.467. The van der Waals surface area contributed by atoms with Crippen molar-refractivity contribution in [1.82, 2.24) is 15.0 Å². The molecule has 0 aromatic carbocycles. The fourth-order valence-corrected chi connectivity index (χ4v) is 2.52. The van der Waals surface area contributed by atoms with Crippen LogP contribution in [0.2, 0.25) is 0 Å². The largest absolute Gasteiger partial charge is 0.461 e. The summed E-state index contributed by atoms with van der Waals surface area (Å²) in [4.78, 5) is 18.0. The second kappa shape index (κ2) is 5.64. The number of furan rings is 1. The lowest BCUT2D eigenvalue weighted by Gasteiger charge is -2.42. The maximum atomic E-state index is 12.2. The van der Waals surface area contributed by atoms with Crippen molar-refractivity contribution in [3.63, 3.8) is 0 Å². The van der Waals surface area contributed by atoms with Crippen LogP contribution in [0.4, 0.5) is 0 Å². The Hall–Kier alpha value is -2.62. The molecule has 7 nitrogen and oxygen atoms in total. The Kier molecular flexibility index (Phi) is 3.67. The van der Waals surface area contributed by atoms with Gasteiger partial charge in [0, 0.05) is 19.9 Å². The van der Waals surface area contributed by atoms with E-state index in [0.717, 1.165) is 19.3 Å². The van der Waals surface area contributed by atoms with Crippen LogP contribution in [-0.4, -0.2) is 33.5 Å². The van der Waals surface area contributed by atoms with Crippen LogP contribution >= 0.6 is 0 Å². The lowest BCUT2D eigenvalue weighted by atomic mass is 9.76. The van der Waals surface area contributed by atoms with Gasteiger partial charge in [-0.05, 0) is 31.4 Å².